The number of non-ortho nitro benzene ring substituents is 1. The second kappa shape index (κ2) is 6.64. The lowest BCUT2D eigenvalue weighted by molar-refractivity contribution is -0.385. The van der Waals surface area contributed by atoms with Gasteiger partial charge in [-0.25, -0.2) is 8.78 Å². The van der Waals surface area contributed by atoms with Crippen molar-refractivity contribution in [1.29, 1.82) is 0 Å². The molecule has 0 aromatic heterocycles. The number of alkyl halides is 3. The lowest BCUT2D eigenvalue weighted by atomic mass is 10.0. The van der Waals surface area contributed by atoms with Crippen LogP contribution in [0.2, 0.25) is 0 Å². The van der Waals surface area contributed by atoms with Crippen LogP contribution in [-0.4, -0.2) is 10.3 Å². The Kier molecular flexibility index (Phi) is 5.47. The SMILES string of the molecule is CCCC(Cl)Cc1ccc([N+](=O)[O-])cc1C(F)F. The number of nitro benzene ring substituents is 1. The van der Waals surface area contributed by atoms with E-state index in [1.807, 2.05) is 6.92 Å². The zero-order valence-electron chi connectivity index (χ0n) is 9.91. The fourth-order valence-electron chi connectivity index (χ4n) is 1.74. The molecule has 3 nitrogen and oxygen atoms in total. The molecule has 0 aliphatic rings. The largest absolute Gasteiger partial charge is 0.269 e. The van der Waals surface area contributed by atoms with E-state index >= 15 is 0 Å². The summed E-state index contributed by atoms with van der Waals surface area (Å²) in [6.07, 6.45) is -0.843. The molecule has 1 rings (SSSR count). The highest BCUT2D eigenvalue weighted by molar-refractivity contribution is 6.20. The molecule has 1 aromatic carbocycles. The quantitative estimate of drug-likeness (QED) is 0.437. The molecule has 100 valence electrons. The first-order chi connectivity index (χ1) is 8.45. The summed E-state index contributed by atoms with van der Waals surface area (Å²) in [7, 11) is 0. The molecule has 0 saturated carbocycles. The smallest absolute Gasteiger partial charge is 0.258 e. The molecular formula is C12H14ClF2NO2. The van der Waals surface area contributed by atoms with E-state index in [0.29, 0.717) is 12.0 Å². The van der Waals surface area contributed by atoms with Crippen LogP contribution in [0.5, 0.6) is 0 Å². The van der Waals surface area contributed by atoms with Crippen LogP contribution in [-0.2, 0) is 6.42 Å². The van der Waals surface area contributed by atoms with Crippen molar-refractivity contribution in [2.75, 3.05) is 0 Å². The molecule has 6 heteroatoms. The summed E-state index contributed by atoms with van der Waals surface area (Å²) in [6.45, 7) is 1.96. The average Bonchev–Trinajstić information content (AvgIpc) is 2.29. The van der Waals surface area contributed by atoms with Crippen LogP contribution in [0.3, 0.4) is 0 Å². The van der Waals surface area contributed by atoms with Gasteiger partial charge >= 0.3 is 0 Å². The Balaban J connectivity index is 3.00. The highest BCUT2D eigenvalue weighted by Gasteiger charge is 2.19. The Labute approximate surface area is 109 Å². The fraction of sp³-hybridized carbons (Fsp3) is 0.500. The van der Waals surface area contributed by atoms with E-state index in [1.54, 1.807) is 0 Å². The molecular weight excluding hydrogens is 264 g/mol. The van der Waals surface area contributed by atoms with Gasteiger partial charge in [-0.05, 0) is 18.4 Å². The van der Waals surface area contributed by atoms with E-state index in [4.69, 9.17) is 11.6 Å². The van der Waals surface area contributed by atoms with Crippen LogP contribution in [0.25, 0.3) is 0 Å². The fourth-order valence-corrected chi connectivity index (χ4v) is 2.12. The van der Waals surface area contributed by atoms with Gasteiger partial charge in [0.1, 0.15) is 0 Å². The van der Waals surface area contributed by atoms with Crippen LogP contribution < -0.4 is 0 Å². The monoisotopic (exact) mass is 277 g/mol. The molecule has 1 aromatic rings. The third kappa shape index (κ3) is 3.91. The Morgan fingerprint density at radius 1 is 1.44 bits per heavy atom. The molecule has 0 fully saturated rings. The average molecular weight is 278 g/mol. The Morgan fingerprint density at radius 3 is 2.61 bits per heavy atom. The summed E-state index contributed by atoms with van der Waals surface area (Å²) in [5, 5.41) is 10.3. The maximum atomic E-state index is 12.8. The second-order valence-electron chi connectivity index (χ2n) is 4.03. The molecule has 0 radical (unpaired) electrons. The van der Waals surface area contributed by atoms with Crippen LogP contribution in [0.15, 0.2) is 18.2 Å². The third-order valence-corrected chi connectivity index (χ3v) is 2.99. The molecule has 0 aliphatic heterocycles. The van der Waals surface area contributed by atoms with Gasteiger partial charge in [-0.2, -0.15) is 0 Å². The zero-order chi connectivity index (χ0) is 13.7. The van der Waals surface area contributed by atoms with Crippen molar-refractivity contribution in [3.05, 3.63) is 39.4 Å². The molecule has 0 spiro atoms. The first kappa shape index (κ1) is 14.8. The number of nitrogens with zero attached hydrogens (tertiary/aromatic N) is 1. The van der Waals surface area contributed by atoms with Gasteiger partial charge in [-0.3, -0.25) is 10.1 Å². The molecule has 0 saturated heterocycles. The van der Waals surface area contributed by atoms with Gasteiger partial charge in [0.2, 0.25) is 0 Å². The normalized spacial score (nSPS) is 12.7. The van der Waals surface area contributed by atoms with Gasteiger partial charge in [0.25, 0.3) is 12.1 Å². The van der Waals surface area contributed by atoms with E-state index in [1.165, 1.54) is 12.1 Å². The van der Waals surface area contributed by atoms with Crippen LogP contribution in [0.4, 0.5) is 14.5 Å². The minimum Gasteiger partial charge on any atom is -0.258 e. The van der Waals surface area contributed by atoms with Crippen molar-refractivity contribution in [3.8, 4) is 0 Å². The van der Waals surface area contributed by atoms with Gasteiger partial charge < -0.3 is 0 Å². The molecule has 0 bridgehead atoms. The first-order valence-corrected chi connectivity index (χ1v) is 6.08. The highest BCUT2D eigenvalue weighted by atomic mass is 35.5. The molecule has 0 amide bonds. The van der Waals surface area contributed by atoms with Gasteiger partial charge in [0.05, 0.1) is 4.92 Å². The predicted octanol–water partition coefficient (Wildman–Crippen LogP) is 4.48. The van der Waals surface area contributed by atoms with Gasteiger partial charge in [-0.1, -0.05) is 19.4 Å². The summed E-state index contributed by atoms with van der Waals surface area (Å²) in [5.74, 6) is 0. The molecule has 0 N–H and O–H groups in total. The van der Waals surface area contributed by atoms with Crippen molar-refractivity contribution >= 4 is 17.3 Å². The minimum atomic E-state index is -2.73. The van der Waals surface area contributed by atoms with Crippen LogP contribution in [0, 0.1) is 10.1 Å². The summed E-state index contributed by atoms with van der Waals surface area (Å²) in [6, 6.07) is 3.52. The molecule has 0 heterocycles. The number of nitro groups is 1. The van der Waals surface area contributed by atoms with E-state index in [2.05, 4.69) is 0 Å². The summed E-state index contributed by atoms with van der Waals surface area (Å²) < 4.78 is 25.7. The van der Waals surface area contributed by atoms with E-state index < -0.39 is 11.3 Å². The zero-order valence-corrected chi connectivity index (χ0v) is 10.7. The lowest BCUT2D eigenvalue weighted by Crippen LogP contribution is -2.06. The molecule has 1 atom stereocenters. The maximum absolute atomic E-state index is 12.8. The highest BCUT2D eigenvalue weighted by Crippen LogP contribution is 2.29. The van der Waals surface area contributed by atoms with Crippen molar-refractivity contribution in [1.82, 2.24) is 0 Å². The molecule has 18 heavy (non-hydrogen) atoms. The van der Waals surface area contributed by atoms with E-state index in [0.717, 1.165) is 18.9 Å². The van der Waals surface area contributed by atoms with Crippen molar-refractivity contribution < 1.29 is 13.7 Å². The summed E-state index contributed by atoms with van der Waals surface area (Å²) >= 11 is 6.02. The minimum absolute atomic E-state index is 0.228. The van der Waals surface area contributed by atoms with Crippen molar-refractivity contribution in [3.63, 3.8) is 0 Å². The summed E-state index contributed by atoms with van der Waals surface area (Å²) in [4.78, 5) is 9.87. The maximum Gasteiger partial charge on any atom is 0.269 e. The number of hydrogen-bond donors (Lipinski definition) is 0. The van der Waals surface area contributed by atoms with Crippen molar-refractivity contribution in [2.45, 2.75) is 38.0 Å². The van der Waals surface area contributed by atoms with Crippen LogP contribution in [0.1, 0.15) is 37.3 Å². The number of halogens is 3. The van der Waals surface area contributed by atoms with E-state index in [-0.39, 0.29) is 16.6 Å². The first-order valence-electron chi connectivity index (χ1n) is 5.65. The Hall–Kier alpha value is -1.23. The van der Waals surface area contributed by atoms with Gasteiger partial charge in [-0.15, -0.1) is 11.6 Å². The number of hydrogen-bond acceptors (Lipinski definition) is 2. The Bertz CT molecular complexity index is 427. The summed E-state index contributed by atoms with van der Waals surface area (Å²) in [5.41, 5.74) is -0.245. The lowest BCUT2D eigenvalue weighted by Gasteiger charge is -2.12. The van der Waals surface area contributed by atoms with E-state index in [9.17, 15) is 18.9 Å². The van der Waals surface area contributed by atoms with Crippen molar-refractivity contribution in [2.24, 2.45) is 0 Å². The predicted molar refractivity (Wildman–Crippen MR) is 66.3 cm³/mol. The van der Waals surface area contributed by atoms with Gasteiger partial charge in [0, 0.05) is 23.1 Å². The molecule has 0 aliphatic carbocycles. The molecule has 1 unspecified atom stereocenters. The topological polar surface area (TPSA) is 43.1 Å². The Morgan fingerprint density at radius 2 is 2.11 bits per heavy atom. The number of rotatable bonds is 6. The standard InChI is InChI=1S/C12H14ClF2NO2/c1-2-3-9(13)6-8-4-5-10(16(17)18)7-11(8)12(14)15/h4-5,7,9,12H,2-3,6H2,1H3. The van der Waals surface area contributed by atoms with Gasteiger partial charge in [0.15, 0.2) is 0 Å². The number of benzene rings is 1. The third-order valence-electron chi connectivity index (χ3n) is 2.62. The van der Waals surface area contributed by atoms with Crippen LogP contribution >= 0.6 is 11.6 Å². The second-order valence-corrected chi connectivity index (χ2v) is 4.65.